The van der Waals surface area contributed by atoms with Gasteiger partial charge in [-0.3, -0.25) is 0 Å². The van der Waals surface area contributed by atoms with Crippen LogP contribution in [-0.2, 0) is 6.42 Å². The topological polar surface area (TPSA) is 12.0 Å². The van der Waals surface area contributed by atoms with Crippen LogP contribution in [-0.4, -0.2) is 12.6 Å². The van der Waals surface area contributed by atoms with E-state index in [2.05, 4.69) is 58.1 Å². The van der Waals surface area contributed by atoms with Gasteiger partial charge >= 0.3 is 0 Å². The van der Waals surface area contributed by atoms with Crippen molar-refractivity contribution in [1.82, 2.24) is 5.32 Å². The summed E-state index contributed by atoms with van der Waals surface area (Å²) >= 11 is 0. The summed E-state index contributed by atoms with van der Waals surface area (Å²) in [6.45, 7) is 12.6. The van der Waals surface area contributed by atoms with Gasteiger partial charge in [-0.05, 0) is 68.5 Å². The summed E-state index contributed by atoms with van der Waals surface area (Å²) in [6.07, 6.45) is 5.48. The average Bonchev–Trinajstić information content (AvgIpc) is 2.42. The van der Waals surface area contributed by atoms with Crippen LogP contribution >= 0.6 is 0 Å². The SMILES string of the molecule is Cc1ccc(C)c(CC2CC(C)CCC2CNC(C)C)c1. The minimum Gasteiger partial charge on any atom is -0.314 e. The fourth-order valence-corrected chi connectivity index (χ4v) is 3.77. The smallest absolute Gasteiger partial charge is 0.00104 e. The van der Waals surface area contributed by atoms with E-state index in [1.54, 1.807) is 5.56 Å². The highest BCUT2D eigenvalue weighted by Crippen LogP contribution is 2.36. The van der Waals surface area contributed by atoms with Crippen LogP contribution in [0.25, 0.3) is 0 Å². The number of hydrogen-bond acceptors (Lipinski definition) is 1. The molecule has 1 N–H and O–H groups in total. The van der Waals surface area contributed by atoms with Crippen LogP contribution in [0.3, 0.4) is 0 Å². The van der Waals surface area contributed by atoms with E-state index in [9.17, 15) is 0 Å². The molecule has 1 fully saturated rings. The van der Waals surface area contributed by atoms with Crippen molar-refractivity contribution in [3.8, 4) is 0 Å². The van der Waals surface area contributed by atoms with Crippen molar-refractivity contribution in [1.29, 1.82) is 0 Å². The summed E-state index contributed by atoms with van der Waals surface area (Å²) in [7, 11) is 0. The number of nitrogens with one attached hydrogen (secondary N) is 1. The van der Waals surface area contributed by atoms with Crippen molar-refractivity contribution in [2.24, 2.45) is 17.8 Å². The van der Waals surface area contributed by atoms with E-state index in [0.717, 1.165) is 17.8 Å². The summed E-state index contributed by atoms with van der Waals surface area (Å²) in [5.41, 5.74) is 4.44. The molecule has 0 amide bonds. The van der Waals surface area contributed by atoms with Gasteiger partial charge in [0.1, 0.15) is 0 Å². The molecule has 1 aromatic carbocycles. The average molecular weight is 287 g/mol. The zero-order chi connectivity index (χ0) is 15.4. The molecule has 0 spiro atoms. The quantitative estimate of drug-likeness (QED) is 0.812. The summed E-state index contributed by atoms with van der Waals surface area (Å²) in [4.78, 5) is 0. The highest BCUT2D eigenvalue weighted by atomic mass is 14.9. The van der Waals surface area contributed by atoms with Gasteiger partial charge in [-0.2, -0.15) is 0 Å². The summed E-state index contributed by atoms with van der Waals surface area (Å²) in [5, 5.41) is 3.67. The van der Waals surface area contributed by atoms with E-state index in [4.69, 9.17) is 0 Å². The molecular formula is C20H33N. The summed E-state index contributed by atoms with van der Waals surface area (Å²) < 4.78 is 0. The highest BCUT2D eigenvalue weighted by molar-refractivity contribution is 5.30. The first kappa shape index (κ1) is 16.5. The lowest BCUT2D eigenvalue weighted by Crippen LogP contribution is -2.36. The first-order chi connectivity index (χ1) is 9.95. The van der Waals surface area contributed by atoms with E-state index in [1.165, 1.54) is 43.4 Å². The lowest BCUT2D eigenvalue weighted by molar-refractivity contribution is 0.181. The molecule has 0 saturated heterocycles. The lowest BCUT2D eigenvalue weighted by Gasteiger charge is -2.36. The fourth-order valence-electron chi connectivity index (χ4n) is 3.77. The van der Waals surface area contributed by atoms with Gasteiger partial charge in [0.05, 0.1) is 0 Å². The van der Waals surface area contributed by atoms with Gasteiger partial charge in [-0.15, -0.1) is 0 Å². The lowest BCUT2D eigenvalue weighted by atomic mass is 9.71. The molecule has 0 aromatic heterocycles. The standard InChI is InChI=1S/C20H33N/c1-14(2)21-13-18-9-7-16(4)11-20(18)12-19-10-15(3)6-8-17(19)5/h6,8,10,14,16,18,20-21H,7,9,11-13H2,1-5H3. The van der Waals surface area contributed by atoms with Crippen molar-refractivity contribution in [2.75, 3.05) is 6.54 Å². The zero-order valence-corrected chi connectivity index (χ0v) is 14.6. The van der Waals surface area contributed by atoms with Crippen molar-refractivity contribution in [3.63, 3.8) is 0 Å². The maximum atomic E-state index is 3.67. The Kier molecular flexibility index (Phi) is 5.87. The van der Waals surface area contributed by atoms with Gasteiger partial charge in [0.2, 0.25) is 0 Å². The van der Waals surface area contributed by atoms with Crippen LogP contribution in [0, 0.1) is 31.6 Å². The third kappa shape index (κ3) is 4.85. The van der Waals surface area contributed by atoms with Crippen LogP contribution in [0.2, 0.25) is 0 Å². The van der Waals surface area contributed by atoms with Crippen LogP contribution < -0.4 is 5.32 Å². The second-order valence-electron chi connectivity index (χ2n) is 7.64. The molecule has 0 aliphatic heterocycles. The number of hydrogen-bond donors (Lipinski definition) is 1. The largest absolute Gasteiger partial charge is 0.314 e. The van der Waals surface area contributed by atoms with Gasteiger partial charge in [-0.1, -0.05) is 51.0 Å². The molecule has 1 aliphatic carbocycles. The molecule has 1 aliphatic rings. The first-order valence-corrected chi connectivity index (χ1v) is 8.75. The third-order valence-electron chi connectivity index (χ3n) is 5.18. The molecule has 2 rings (SSSR count). The van der Waals surface area contributed by atoms with Crippen LogP contribution in [0.1, 0.15) is 56.7 Å². The Morgan fingerprint density at radius 1 is 1.14 bits per heavy atom. The first-order valence-electron chi connectivity index (χ1n) is 8.75. The second-order valence-corrected chi connectivity index (χ2v) is 7.64. The molecule has 3 atom stereocenters. The predicted octanol–water partition coefficient (Wildman–Crippen LogP) is 4.90. The highest BCUT2D eigenvalue weighted by Gasteiger charge is 2.28. The molecule has 3 unspecified atom stereocenters. The van der Waals surface area contributed by atoms with E-state index < -0.39 is 0 Å². The maximum absolute atomic E-state index is 3.67. The predicted molar refractivity (Wildman–Crippen MR) is 92.8 cm³/mol. The van der Waals surface area contributed by atoms with E-state index in [0.29, 0.717) is 6.04 Å². The van der Waals surface area contributed by atoms with Gasteiger partial charge in [0, 0.05) is 6.04 Å². The molecule has 0 heterocycles. The Hall–Kier alpha value is -0.820. The normalized spacial score (nSPS) is 26.3. The Morgan fingerprint density at radius 3 is 2.62 bits per heavy atom. The number of benzene rings is 1. The molecule has 1 aromatic rings. The molecule has 0 radical (unpaired) electrons. The minimum absolute atomic E-state index is 0.603. The van der Waals surface area contributed by atoms with Crippen molar-refractivity contribution < 1.29 is 0 Å². The monoisotopic (exact) mass is 287 g/mol. The minimum atomic E-state index is 0.603. The maximum Gasteiger partial charge on any atom is 0.00104 e. The molecule has 118 valence electrons. The molecular weight excluding hydrogens is 254 g/mol. The fraction of sp³-hybridized carbons (Fsp3) is 0.700. The molecule has 1 saturated carbocycles. The Bertz CT molecular complexity index is 449. The molecule has 1 nitrogen and oxygen atoms in total. The van der Waals surface area contributed by atoms with E-state index >= 15 is 0 Å². The Morgan fingerprint density at radius 2 is 1.90 bits per heavy atom. The van der Waals surface area contributed by atoms with Crippen molar-refractivity contribution in [3.05, 3.63) is 34.9 Å². The number of rotatable bonds is 5. The zero-order valence-electron chi connectivity index (χ0n) is 14.6. The molecule has 1 heteroatoms. The van der Waals surface area contributed by atoms with Crippen LogP contribution in [0.4, 0.5) is 0 Å². The third-order valence-corrected chi connectivity index (χ3v) is 5.18. The van der Waals surface area contributed by atoms with Gasteiger partial charge in [0.15, 0.2) is 0 Å². The Balaban J connectivity index is 2.07. The Labute approximate surface area is 131 Å². The van der Waals surface area contributed by atoms with Crippen LogP contribution in [0.15, 0.2) is 18.2 Å². The second kappa shape index (κ2) is 7.45. The van der Waals surface area contributed by atoms with Crippen LogP contribution in [0.5, 0.6) is 0 Å². The van der Waals surface area contributed by atoms with Gasteiger partial charge in [-0.25, -0.2) is 0 Å². The summed E-state index contributed by atoms with van der Waals surface area (Å²) in [5.74, 6) is 2.60. The van der Waals surface area contributed by atoms with Gasteiger partial charge in [0.25, 0.3) is 0 Å². The summed E-state index contributed by atoms with van der Waals surface area (Å²) in [6, 6.07) is 7.53. The number of aryl methyl sites for hydroxylation is 2. The van der Waals surface area contributed by atoms with Crippen molar-refractivity contribution in [2.45, 2.75) is 66.3 Å². The van der Waals surface area contributed by atoms with E-state index in [-0.39, 0.29) is 0 Å². The van der Waals surface area contributed by atoms with Gasteiger partial charge < -0.3 is 5.32 Å². The molecule has 0 bridgehead atoms. The van der Waals surface area contributed by atoms with Crippen molar-refractivity contribution >= 4 is 0 Å². The molecule has 21 heavy (non-hydrogen) atoms. The van der Waals surface area contributed by atoms with E-state index in [1.807, 2.05) is 0 Å².